The van der Waals surface area contributed by atoms with Crippen molar-refractivity contribution >= 4 is 33.3 Å². The second-order valence-corrected chi connectivity index (χ2v) is 7.20. The molecule has 0 radical (unpaired) electrons. The fourth-order valence-corrected chi connectivity index (χ4v) is 3.54. The molecule has 1 aliphatic rings. The maximum absolute atomic E-state index is 4.58. The Labute approximate surface area is 117 Å². The van der Waals surface area contributed by atoms with E-state index in [0.29, 0.717) is 22.8 Å². The molecule has 0 spiro atoms. The summed E-state index contributed by atoms with van der Waals surface area (Å²) >= 11 is 1.65. The average molecular weight is 276 g/mol. The van der Waals surface area contributed by atoms with Crippen molar-refractivity contribution in [3.8, 4) is 0 Å². The van der Waals surface area contributed by atoms with E-state index in [4.69, 9.17) is 0 Å². The SMILES string of the molecule is CNc1nc(NC2C(C)(C)C2(C)C)c2ccsc2n1. The number of nitrogens with one attached hydrogen (secondary N) is 2. The lowest BCUT2D eigenvalue weighted by atomic mass is 10.0. The minimum Gasteiger partial charge on any atom is -0.366 e. The first-order valence-corrected chi connectivity index (χ1v) is 7.45. The Morgan fingerprint density at radius 2 is 1.84 bits per heavy atom. The van der Waals surface area contributed by atoms with Gasteiger partial charge in [0.25, 0.3) is 0 Å². The molecule has 1 fully saturated rings. The summed E-state index contributed by atoms with van der Waals surface area (Å²) < 4.78 is 0. The smallest absolute Gasteiger partial charge is 0.225 e. The van der Waals surface area contributed by atoms with Crippen LogP contribution in [0.5, 0.6) is 0 Å². The quantitative estimate of drug-likeness (QED) is 0.899. The monoisotopic (exact) mass is 276 g/mol. The zero-order valence-electron chi connectivity index (χ0n) is 12.0. The van der Waals surface area contributed by atoms with Crippen LogP contribution in [0.25, 0.3) is 10.2 Å². The average Bonchev–Trinajstić information content (AvgIpc) is 2.77. The van der Waals surface area contributed by atoms with Crippen molar-refractivity contribution in [3.05, 3.63) is 11.4 Å². The summed E-state index contributed by atoms with van der Waals surface area (Å²) in [6.45, 7) is 9.20. The molecule has 19 heavy (non-hydrogen) atoms. The van der Waals surface area contributed by atoms with Crippen molar-refractivity contribution < 1.29 is 0 Å². The summed E-state index contributed by atoms with van der Waals surface area (Å²) in [5.41, 5.74) is 0.584. The third-order valence-corrected chi connectivity index (χ3v) is 5.66. The number of rotatable bonds is 3. The van der Waals surface area contributed by atoms with Crippen molar-refractivity contribution in [1.29, 1.82) is 0 Å². The maximum Gasteiger partial charge on any atom is 0.225 e. The number of aromatic nitrogens is 2. The van der Waals surface area contributed by atoms with Crippen LogP contribution in [0, 0.1) is 10.8 Å². The molecular weight excluding hydrogens is 256 g/mol. The van der Waals surface area contributed by atoms with E-state index in [-0.39, 0.29) is 0 Å². The van der Waals surface area contributed by atoms with Gasteiger partial charge in [-0.15, -0.1) is 11.3 Å². The third kappa shape index (κ3) is 1.71. The lowest BCUT2D eigenvalue weighted by Crippen LogP contribution is -2.12. The van der Waals surface area contributed by atoms with Crippen LogP contribution in [-0.4, -0.2) is 23.1 Å². The van der Waals surface area contributed by atoms with Gasteiger partial charge < -0.3 is 10.6 Å². The topological polar surface area (TPSA) is 49.8 Å². The molecule has 1 saturated carbocycles. The van der Waals surface area contributed by atoms with Gasteiger partial charge in [-0.3, -0.25) is 0 Å². The van der Waals surface area contributed by atoms with Gasteiger partial charge in [0.2, 0.25) is 5.95 Å². The van der Waals surface area contributed by atoms with E-state index in [2.05, 4.69) is 59.7 Å². The Bertz CT molecular complexity index is 615. The number of hydrogen-bond acceptors (Lipinski definition) is 5. The molecule has 0 aliphatic heterocycles. The standard InChI is InChI=1S/C14H20N4S/c1-13(2)11(14(13,3)4)16-9-8-6-7-19-10(8)18-12(15-5)17-9/h6-7,11H,1-5H3,(H2,15,16,17,18). The van der Waals surface area contributed by atoms with Crippen LogP contribution in [0.3, 0.4) is 0 Å². The summed E-state index contributed by atoms with van der Waals surface area (Å²) in [5.74, 6) is 1.62. The largest absolute Gasteiger partial charge is 0.366 e. The number of thiophene rings is 1. The van der Waals surface area contributed by atoms with Crippen molar-refractivity contribution in [2.45, 2.75) is 33.7 Å². The molecule has 2 heterocycles. The molecule has 0 aromatic carbocycles. The van der Waals surface area contributed by atoms with Crippen LogP contribution in [0.4, 0.5) is 11.8 Å². The van der Waals surface area contributed by atoms with E-state index in [9.17, 15) is 0 Å². The highest BCUT2D eigenvalue weighted by molar-refractivity contribution is 7.16. The molecule has 0 saturated heterocycles. The van der Waals surface area contributed by atoms with Gasteiger partial charge in [0.15, 0.2) is 0 Å². The number of anilines is 2. The van der Waals surface area contributed by atoms with E-state index in [0.717, 1.165) is 16.0 Å². The summed E-state index contributed by atoms with van der Waals surface area (Å²) in [6.07, 6.45) is 0. The molecule has 0 unspecified atom stereocenters. The first-order valence-electron chi connectivity index (χ1n) is 6.57. The molecule has 5 heteroatoms. The van der Waals surface area contributed by atoms with Crippen molar-refractivity contribution in [3.63, 3.8) is 0 Å². The van der Waals surface area contributed by atoms with E-state index in [1.54, 1.807) is 11.3 Å². The highest BCUT2D eigenvalue weighted by Crippen LogP contribution is 2.63. The molecule has 102 valence electrons. The Hall–Kier alpha value is -1.36. The molecule has 0 amide bonds. The summed E-state index contributed by atoms with van der Waals surface area (Å²) in [5, 5.41) is 9.82. The second-order valence-electron chi connectivity index (χ2n) is 6.31. The van der Waals surface area contributed by atoms with Crippen LogP contribution in [-0.2, 0) is 0 Å². The van der Waals surface area contributed by atoms with Crippen molar-refractivity contribution in [1.82, 2.24) is 9.97 Å². The van der Waals surface area contributed by atoms with Crippen LogP contribution in [0.15, 0.2) is 11.4 Å². The lowest BCUT2D eigenvalue weighted by Gasteiger charge is -2.10. The third-order valence-electron chi connectivity index (χ3n) is 4.85. The fraction of sp³-hybridized carbons (Fsp3) is 0.571. The summed E-state index contributed by atoms with van der Waals surface area (Å²) in [4.78, 5) is 10.1. The molecule has 2 aromatic heterocycles. The van der Waals surface area contributed by atoms with Gasteiger partial charge in [-0.2, -0.15) is 4.98 Å². The minimum absolute atomic E-state index is 0.292. The van der Waals surface area contributed by atoms with E-state index in [1.165, 1.54) is 0 Å². The molecule has 0 bridgehead atoms. The molecular formula is C14H20N4S. The fourth-order valence-electron chi connectivity index (χ4n) is 2.77. The normalized spacial score (nSPS) is 20.5. The molecule has 2 aromatic rings. The number of fused-ring (bicyclic) bond motifs is 1. The second kappa shape index (κ2) is 3.82. The highest BCUT2D eigenvalue weighted by atomic mass is 32.1. The molecule has 3 rings (SSSR count). The van der Waals surface area contributed by atoms with Crippen LogP contribution in [0.1, 0.15) is 27.7 Å². The Balaban J connectivity index is 1.99. The Morgan fingerprint density at radius 3 is 2.42 bits per heavy atom. The predicted molar refractivity (Wildman–Crippen MR) is 81.9 cm³/mol. The van der Waals surface area contributed by atoms with Gasteiger partial charge in [0.1, 0.15) is 10.6 Å². The summed E-state index contributed by atoms with van der Waals surface area (Å²) in [6, 6.07) is 2.53. The van der Waals surface area contributed by atoms with Crippen LogP contribution < -0.4 is 10.6 Å². The first kappa shape index (κ1) is 12.7. The van der Waals surface area contributed by atoms with Gasteiger partial charge in [-0.1, -0.05) is 27.7 Å². The van der Waals surface area contributed by atoms with Crippen molar-refractivity contribution in [2.75, 3.05) is 17.7 Å². The van der Waals surface area contributed by atoms with E-state index in [1.807, 2.05) is 7.05 Å². The van der Waals surface area contributed by atoms with Crippen LogP contribution in [0.2, 0.25) is 0 Å². The van der Waals surface area contributed by atoms with E-state index < -0.39 is 0 Å². The molecule has 2 N–H and O–H groups in total. The lowest BCUT2D eigenvalue weighted by molar-refractivity contribution is 0.457. The minimum atomic E-state index is 0.292. The van der Waals surface area contributed by atoms with Gasteiger partial charge in [0, 0.05) is 13.1 Å². The van der Waals surface area contributed by atoms with Gasteiger partial charge in [0.05, 0.1) is 5.39 Å². The zero-order chi connectivity index (χ0) is 13.8. The van der Waals surface area contributed by atoms with Gasteiger partial charge in [-0.25, -0.2) is 4.98 Å². The highest BCUT2D eigenvalue weighted by Gasteiger charge is 2.65. The number of hydrogen-bond donors (Lipinski definition) is 2. The first-order chi connectivity index (χ1) is 8.88. The van der Waals surface area contributed by atoms with Gasteiger partial charge >= 0.3 is 0 Å². The van der Waals surface area contributed by atoms with Gasteiger partial charge in [-0.05, 0) is 22.3 Å². The molecule has 1 aliphatic carbocycles. The predicted octanol–water partition coefficient (Wildman–Crippen LogP) is 3.58. The molecule has 4 nitrogen and oxygen atoms in total. The Kier molecular flexibility index (Phi) is 2.55. The Morgan fingerprint density at radius 1 is 1.16 bits per heavy atom. The summed E-state index contributed by atoms with van der Waals surface area (Å²) in [7, 11) is 1.85. The van der Waals surface area contributed by atoms with Crippen molar-refractivity contribution in [2.24, 2.45) is 10.8 Å². The maximum atomic E-state index is 4.58. The molecule has 0 atom stereocenters. The van der Waals surface area contributed by atoms with E-state index >= 15 is 0 Å². The van der Waals surface area contributed by atoms with Crippen LogP contribution >= 0.6 is 11.3 Å². The zero-order valence-corrected chi connectivity index (χ0v) is 12.9. The number of nitrogens with zero attached hydrogens (tertiary/aromatic N) is 2.